The van der Waals surface area contributed by atoms with Crippen LogP contribution in [0.2, 0.25) is 0 Å². The van der Waals surface area contributed by atoms with Crippen molar-refractivity contribution in [3.63, 3.8) is 0 Å². The van der Waals surface area contributed by atoms with Crippen LogP contribution in [0.1, 0.15) is 25.7 Å². The minimum Gasteiger partial charge on any atom is -0.381 e. The second kappa shape index (κ2) is 6.03. The number of hydrogen-bond donors (Lipinski definition) is 2. The van der Waals surface area contributed by atoms with E-state index >= 15 is 0 Å². The molecular formula is C14H21F2N3O4. The number of rotatable bonds is 3. The summed E-state index contributed by atoms with van der Waals surface area (Å²) in [4.78, 5) is 38.1. The first-order valence-electron chi connectivity index (χ1n) is 7.54. The first-order valence-corrected chi connectivity index (χ1v) is 7.54. The minimum atomic E-state index is -4.13. The summed E-state index contributed by atoms with van der Waals surface area (Å²) in [5.74, 6) is -7.91. The average molecular weight is 333 g/mol. The van der Waals surface area contributed by atoms with Crippen LogP contribution >= 0.6 is 0 Å². The second-order valence-electron chi connectivity index (χ2n) is 6.29. The Morgan fingerprint density at radius 3 is 2.61 bits per heavy atom. The number of carbonyl (C=O) groups is 3. The van der Waals surface area contributed by atoms with Gasteiger partial charge in [-0.05, 0) is 12.8 Å². The predicted molar refractivity (Wildman–Crippen MR) is 75.3 cm³/mol. The Balaban J connectivity index is 2.13. The Morgan fingerprint density at radius 1 is 1.35 bits per heavy atom. The molecule has 0 spiro atoms. The number of aliphatic hydroxyl groups is 1. The molecule has 2 atom stereocenters. The molecule has 2 unspecified atom stereocenters. The largest absolute Gasteiger partial charge is 0.381 e. The van der Waals surface area contributed by atoms with Gasteiger partial charge in [0.05, 0.1) is 6.54 Å². The van der Waals surface area contributed by atoms with E-state index in [0.717, 1.165) is 11.3 Å². The van der Waals surface area contributed by atoms with E-state index in [4.69, 9.17) is 0 Å². The fraction of sp³-hybridized carbons (Fsp3) is 0.786. The molecule has 2 saturated heterocycles. The third-order valence-corrected chi connectivity index (χ3v) is 4.66. The van der Waals surface area contributed by atoms with Gasteiger partial charge in [0.15, 0.2) is 5.60 Å². The van der Waals surface area contributed by atoms with Gasteiger partial charge in [0.1, 0.15) is 5.92 Å². The third kappa shape index (κ3) is 3.01. The van der Waals surface area contributed by atoms with Gasteiger partial charge in [-0.25, -0.2) is 0 Å². The molecule has 9 heteroatoms. The molecule has 2 aliphatic rings. The van der Waals surface area contributed by atoms with Crippen molar-refractivity contribution in [3.8, 4) is 0 Å². The van der Waals surface area contributed by atoms with Crippen LogP contribution in [-0.2, 0) is 14.4 Å². The molecular weight excluding hydrogens is 312 g/mol. The summed E-state index contributed by atoms with van der Waals surface area (Å²) in [7, 11) is 1.59. The van der Waals surface area contributed by atoms with Crippen molar-refractivity contribution in [3.05, 3.63) is 0 Å². The highest BCUT2D eigenvalue weighted by molar-refractivity contribution is 6.00. The monoisotopic (exact) mass is 333 g/mol. The van der Waals surface area contributed by atoms with Crippen molar-refractivity contribution in [2.75, 3.05) is 26.7 Å². The summed E-state index contributed by atoms with van der Waals surface area (Å²) in [5, 5.41) is 10.0. The molecule has 0 aliphatic carbocycles. The number of amides is 3. The van der Waals surface area contributed by atoms with E-state index in [0.29, 0.717) is 19.4 Å². The molecule has 0 aromatic heterocycles. The first-order chi connectivity index (χ1) is 10.6. The number of likely N-dealkylation sites (tertiary alicyclic amines) is 2. The molecule has 7 nitrogen and oxygen atoms in total. The topological polar surface area (TPSA) is 104 Å². The second-order valence-corrected chi connectivity index (χ2v) is 6.29. The molecule has 130 valence electrons. The quantitative estimate of drug-likeness (QED) is 0.668. The zero-order valence-corrected chi connectivity index (χ0v) is 12.9. The molecule has 2 heterocycles. The van der Waals surface area contributed by atoms with E-state index in [9.17, 15) is 28.3 Å². The normalized spacial score (nSPS) is 29.6. The number of carbonyl (C=O) groups excluding carboxylic acids is 3. The van der Waals surface area contributed by atoms with Crippen LogP contribution in [0.25, 0.3) is 0 Å². The lowest BCUT2D eigenvalue weighted by molar-refractivity contribution is -0.186. The van der Waals surface area contributed by atoms with Crippen LogP contribution in [0, 0.1) is 5.92 Å². The predicted octanol–water partition coefficient (Wildman–Crippen LogP) is -0.671. The van der Waals surface area contributed by atoms with Crippen molar-refractivity contribution in [2.24, 2.45) is 11.7 Å². The van der Waals surface area contributed by atoms with Crippen LogP contribution in [0.3, 0.4) is 0 Å². The zero-order chi connectivity index (χ0) is 17.4. The standard InChI is InChI=1S/C14H21F2N3O4/c1-18-6-3-2-4-9(10(18)20)11(21)19-7-5-13(23,8-19)14(15,16)12(17)22/h9,23H,2-8H2,1H3,(H2,17,22). The van der Waals surface area contributed by atoms with Gasteiger partial charge in [0, 0.05) is 26.6 Å². The fourth-order valence-electron chi connectivity index (χ4n) is 3.11. The molecule has 0 bridgehead atoms. The zero-order valence-electron chi connectivity index (χ0n) is 12.9. The van der Waals surface area contributed by atoms with Crippen molar-refractivity contribution < 1.29 is 28.3 Å². The third-order valence-electron chi connectivity index (χ3n) is 4.66. The number of nitrogens with zero attached hydrogens (tertiary/aromatic N) is 2. The van der Waals surface area contributed by atoms with Gasteiger partial charge in [-0.15, -0.1) is 0 Å². The van der Waals surface area contributed by atoms with Gasteiger partial charge < -0.3 is 20.6 Å². The SMILES string of the molecule is CN1CCCCC(C(=O)N2CCC(O)(C(F)(F)C(N)=O)C2)C1=O. The molecule has 0 aromatic rings. The molecule has 23 heavy (non-hydrogen) atoms. The van der Waals surface area contributed by atoms with Crippen LogP contribution < -0.4 is 5.73 Å². The van der Waals surface area contributed by atoms with Gasteiger partial charge in [-0.2, -0.15) is 8.78 Å². The summed E-state index contributed by atoms with van der Waals surface area (Å²) in [5.41, 5.74) is 1.96. The van der Waals surface area contributed by atoms with Crippen molar-refractivity contribution >= 4 is 17.7 Å². The Morgan fingerprint density at radius 2 is 2.00 bits per heavy atom. The summed E-state index contributed by atoms with van der Waals surface area (Å²) >= 11 is 0. The van der Waals surface area contributed by atoms with E-state index in [2.05, 4.69) is 5.73 Å². The highest BCUT2D eigenvalue weighted by Crippen LogP contribution is 2.37. The summed E-state index contributed by atoms with van der Waals surface area (Å²) in [6.45, 7) is -0.312. The van der Waals surface area contributed by atoms with E-state index in [1.165, 1.54) is 4.90 Å². The lowest BCUT2D eigenvalue weighted by Gasteiger charge is -2.30. The molecule has 0 saturated carbocycles. The van der Waals surface area contributed by atoms with Gasteiger partial charge in [-0.1, -0.05) is 6.42 Å². The Labute approximate surface area is 132 Å². The molecule has 2 aliphatic heterocycles. The maximum atomic E-state index is 13.8. The number of hydrogen-bond acceptors (Lipinski definition) is 4. The van der Waals surface area contributed by atoms with E-state index in [1.54, 1.807) is 7.05 Å². The van der Waals surface area contributed by atoms with Crippen LogP contribution in [0.5, 0.6) is 0 Å². The van der Waals surface area contributed by atoms with Crippen molar-refractivity contribution in [1.29, 1.82) is 0 Å². The lowest BCUT2D eigenvalue weighted by Crippen LogP contribution is -2.57. The van der Waals surface area contributed by atoms with Crippen molar-refractivity contribution in [2.45, 2.75) is 37.2 Å². The fourth-order valence-corrected chi connectivity index (χ4v) is 3.11. The smallest absolute Gasteiger partial charge is 0.353 e. The Kier molecular flexibility index (Phi) is 4.61. The van der Waals surface area contributed by atoms with Crippen LogP contribution in [-0.4, -0.2) is 70.8 Å². The Hall–Kier alpha value is -1.77. The van der Waals surface area contributed by atoms with Gasteiger partial charge in [0.2, 0.25) is 11.8 Å². The number of primary amides is 1. The summed E-state index contributed by atoms with van der Waals surface area (Å²) in [6, 6.07) is 0. The minimum absolute atomic E-state index is 0.147. The molecule has 3 N–H and O–H groups in total. The van der Waals surface area contributed by atoms with E-state index in [-0.39, 0.29) is 12.5 Å². The lowest BCUT2D eigenvalue weighted by atomic mass is 9.94. The number of alkyl halides is 2. The number of β-amino-alcohol motifs (C(OH)–C–C–N with tert-alkyl or cyclic N) is 1. The maximum Gasteiger partial charge on any atom is 0.353 e. The van der Waals surface area contributed by atoms with E-state index in [1.807, 2.05) is 0 Å². The molecule has 0 radical (unpaired) electrons. The molecule has 2 fully saturated rings. The summed E-state index contributed by atoms with van der Waals surface area (Å²) in [6.07, 6.45) is 1.34. The highest BCUT2D eigenvalue weighted by atomic mass is 19.3. The molecule has 3 amide bonds. The number of nitrogens with two attached hydrogens (primary N) is 1. The van der Waals surface area contributed by atoms with Crippen molar-refractivity contribution in [1.82, 2.24) is 9.80 Å². The maximum absolute atomic E-state index is 13.8. The molecule has 2 rings (SSSR count). The Bertz CT molecular complexity index is 528. The first kappa shape index (κ1) is 17.6. The summed E-state index contributed by atoms with van der Waals surface area (Å²) < 4.78 is 27.6. The number of halogens is 2. The van der Waals surface area contributed by atoms with Gasteiger partial charge in [0.25, 0.3) is 5.91 Å². The van der Waals surface area contributed by atoms with Gasteiger partial charge >= 0.3 is 5.92 Å². The highest BCUT2D eigenvalue weighted by Gasteiger charge is 2.61. The van der Waals surface area contributed by atoms with Crippen LogP contribution in [0.4, 0.5) is 8.78 Å². The van der Waals surface area contributed by atoms with Gasteiger partial charge in [-0.3, -0.25) is 14.4 Å². The van der Waals surface area contributed by atoms with Crippen LogP contribution in [0.15, 0.2) is 0 Å². The molecule has 0 aromatic carbocycles. The average Bonchev–Trinajstić information content (AvgIpc) is 2.82. The van der Waals surface area contributed by atoms with E-state index < -0.39 is 42.2 Å².